The van der Waals surface area contributed by atoms with E-state index in [4.69, 9.17) is 11.6 Å². The van der Waals surface area contributed by atoms with E-state index in [0.717, 1.165) is 10.1 Å². The van der Waals surface area contributed by atoms with Crippen LogP contribution in [0.3, 0.4) is 0 Å². The van der Waals surface area contributed by atoms with Crippen LogP contribution in [0.5, 0.6) is 5.75 Å². The second kappa shape index (κ2) is 9.10. The van der Waals surface area contributed by atoms with Gasteiger partial charge in [0, 0.05) is 37.2 Å². The van der Waals surface area contributed by atoms with E-state index in [1.54, 1.807) is 37.1 Å². The van der Waals surface area contributed by atoms with Gasteiger partial charge in [-0.15, -0.1) is 0 Å². The number of nitrogens with one attached hydrogen (secondary N) is 1. The minimum atomic E-state index is -0.815. The maximum absolute atomic E-state index is 13.8. The molecule has 0 aliphatic rings. The number of benzene rings is 1. The minimum absolute atomic E-state index is 0.190. The summed E-state index contributed by atoms with van der Waals surface area (Å²) in [6.45, 7) is 1.79. The smallest absolute Gasteiger partial charge is 0.296 e. The van der Waals surface area contributed by atoms with Gasteiger partial charge in [0.2, 0.25) is 5.75 Å². The van der Waals surface area contributed by atoms with Crippen molar-refractivity contribution in [3.8, 4) is 5.75 Å². The van der Waals surface area contributed by atoms with Gasteiger partial charge in [-0.25, -0.2) is 9.37 Å². The van der Waals surface area contributed by atoms with Crippen LogP contribution in [0.4, 0.5) is 10.1 Å². The molecule has 4 rings (SSSR count). The zero-order chi connectivity index (χ0) is 24.6. The van der Waals surface area contributed by atoms with Crippen molar-refractivity contribution in [2.45, 2.75) is 18.8 Å². The lowest BCUT2D eigenvalue weighted by atomic mass is 9.82. The number of anilines is 1. The van der Waals surface area contributed by atoms with E-state index in [1.807, 2.05) is 0 Å². The van der Waals surface area contributed by atoms with Gasteiger partial charge in [-0.05, 0) is 23.3 Å². The second-order valence-corrected chi connectivity index (χ2v) is 8.19. The van der Waals surface area contributed by atoms with E-state index < -0.39 is 40.6 Å². The highest BCUT2D eigenvalue weighted by Crippen LogP contribution is 2.40. The Hall–Kier alpha value is -3.99. The molecule has 2 atom stereocenters. The van der Waals surface area contributed by atoms with Gasteiger partial charge in [-0.3, -0.25) is 18.8 Å². The number of aryl methyl sites for hydroxylation is 1. The molecule has 0 unspecified atom stereocenters. The maximum atomic E-state index is 13.8. The molecule has 34 heavy (non-hydrogen) atoms. The summed E-state index contributed by atoms with van der Waals surface area (Å²) in [4.78, 5) is 29.9. The average Bonchev–Trinajstić information content (AvgIpc) is 3.45. The van der Waals surface area contributed by atoms with Gasteiger partial charge in [0.05, 0.1) is 12.4 Å². The number of hydrogen-bond donors (Lipinski definition) is 2. The number of rotatable bonds is 6. The van der Waals surface area contributed by atoms with Crippen molar-refractivity contribution >= 4 is 23.2 Å². The number of halogens is 2. The Morgan fingerprint density at radius 2 is 2.06 bits per heavy atom. The van der Waals surface area contributed by atoms with E-state index in [0.29, 0.717) is 5.56 Å². The highest BCUT2D eigenvalue weighted by Gasteiger charge is 2.31. The zero-order valence-corrected chi connectivity index (χ0v) is 19.1. The van der Waals surface area contributed by atoms with Crippen LogP contribution in [0.1, 0.15) is 46.2 Å². The molecule has 0 saturated heterocycles. The highest BCUT2D eigenvalue weighted by atomic mass is 35.5. The van der Waals surface area contributed by atoms with Crippen molar-refractivity contribution in [1.82, 2.24) is 24.5 Å². The van der Waals surface area contributed by atoms with Gasteiger partial charge in [0.1, 0.15) is 23.6 Å². The predicted octanol–water partition coefficient (Wildman–Crippen LogP) is 3.19. The van der Waals surface area contributed by atoms with Gasteiger partial charge in [-0.2, -0.15) is 5.10 Å². The third-order valence-electron chi connectivity index (χ3n) is 5.50. The molecule has 1 amide bonds. The van der Waals surface area contributed by atoms with Crippen molar-refractivity contribution < 1.29 is 18.8 Å². The molecule has 3 aromatic heterocycles. The molecule has 4 aromatic rings. The van der Waals surface area contributed by atoms with E-state index in [2.05, 4.69) is 25.1 Å². The Morgan fingerprint density at radius 3 is 2.68 bits per heavy atom. The Bertz CT molecular complexity index is 1420. The van der Waals surface area contributed by atoms with Gasteiger partial charge in [0.15, 0.2) is 5.69 Å². The second-order valence-electron chi connectivity index (χ2n) is 7.78. The van der Waals surface area contributed by atoms with Crippen LogP contribution in [0, 0.1) is 5.82 Å². The number of aromatic hydroxyl groups is 1. The van der Waals surface area contributed by atoms with Gasteiger partial charge < -0.3 is 14.9 Å². The molecule has 0 fully saturated rings. The fourth-order valence-corrected chi connectivity index (χ4v) is 4.16. The molecule has 2 N–H and O–H groups in total. The van der Waals surface area contributed by atoms with Crippen LogP contribution >= 0.6 is 11.6 Å². The number of hydrogen-bond acceptors (Lipinski definition) is 7. The lowest BCUT2D eigenvalue weighted by Gasteiger charge is -2.26. The van der Waals surface area contributed by atoms with E-state index in [-0.39, 0.29) is 16.5 Å². The number of aromatic nitrogens is 5. The van der Waals surface area contributed by atoms with Crippen LogP contribution in [0.2, 0.25) is 5.02 Å². The standard InChI is InChI=1S/C22H20ClFN6O4/c1-11(17(12-7-25-29(2)9-12)15-5-4-13(24)6-16(15)23)20-28-18(19(31)22(33)30(20)3)21(32)27-14-8-26-34-10-14/h4-11,17,31H,1-3H3,(H,27,32)/t11-,17-/m0/s1. The molecular formula is C22H20ClFN6O4. The van der Waals surface area contributed by atoms with Gasteiger partial charge in [0.25, 0.3) is 11.5 Å². The molecule has 0 spiro atoms. The first-order chi connectivity index (χ1) is 16.2. The van der Waals surface area contributed by atoms with Gasteiger partial charge in [-0.1, -0.05) is 29.7 Å². The van der Waals surface area contributed by atoms with Gasteiger partial charge >= 0.3 is 0 Å². The zero-order valence-electron chi connectivity index (χ0n) is 18.4. The quantitative estimate of drug-likeness (QED) is 0.428. The van der Waals surface area contributed by atoms with Crippen LogP contribution < -0.4 is 10.9 Å². The molecule has 12 heteroatoms. The Balaban J connectivity index is 1.84. The van der Waals surface area contributed by atoms with Crippen molar-refractivity contribution in [2.75, 3.05) is 5.32 Å². The molecule has 1 aromatic carbocycles. The third kappa shape index (κ3) is 4.29. The topological polar surface area (TPSA) is 128 Å². The van der Waals surface area contributed by atoms with Crippen molar-refractivity contribution in [3.63, 3.8) is 0 Å². The predicted molar refractivity (Wildman–Crippen MR) is 120 cm³/mol. The third-order valence-corrected chi connectivity index (χ3v) is 5.82. The summed E-state index contributed by atoms with van der Waals surface area (Å²) in [6, 6.07) is 4.05. The molecule has 0 bridgehead atoms. The molecule has 176 valence electrons. The summed E-state index contributed by atoms with van der Waals surface area (Å²) in [7, 11) is 3.19. The average molecular weight is 487 g/mol. The van der Waals surface area contributed by atoms with E-state index >= 15 is 0 Å². The fourth-order valence-electron chi connectivity index (χ4n) is 3.87. The maximum Gasteiger partial charge on any atom is 0.296 e. The molecular weight excluding hydrogens is 467 g/mol. The fraction of sp³-hybridized carbons (Fsp3) is 0.227. The summed E-state index contributed by atoms with van der Waals surface area (Å²) in [5, 5.41) is 20.7. The van der Waals surface area contributed by atoms with E-state index in [9.17, 15) is 19.1 Å². The molecule has 0 saturated carbocycles. The SMILES string of the molecule is C[C@H](c1nc(C(=O)Nc2cnoc2)c(O)c(=O)n1C)[C@@H](c1cnn(C)c1)c1ccc(F)cc1Cl. The normalized spacial score (nSPS) is 13.0. The summed E-state index contributed by atoms with van der Waals surface area (Å²) >= 11 is 6.39. The molecule has 0 aliphatic carbocycles. The number of carbonyl (C=O) groups excluding carboxylic acids is 1. The Labute approximate surface area is 197 Å². The van der Waals surface area contributed by atoms with Crippen molar-refractivity contribution in [2.24, 2.45) is 14.1 Å². The Kier molecular flexibility index (Phi) is 6.20. The van der Waals surface area contributed by atoms with Crippen LogP contribution in [0.25, 0.3) is 0 Å². The highest BCUT2D eigenvalue weighted by molar-refractivity contribution is 6.31. The lowest BCUT2D eigenvalue weighted by Crippen LogP contribution is -2.29. The summed E-state index contributed by atoms with van der Waals surface area (Å²) in [5.41, 5.74) is 0.291. The summed E-state index contributed by atoms with van der Waals surface area (Å²) < 4.78 is 21.2. The lowest BCUT2D eigenvalue weighted by molar-refractivity contribution is 0.101. The summed E-state index contributed by atoms with van der Waals surface area (Å²) in [6.07, 6.45) is 5.86. The monoisotopic (exact) mass is 486 g/mol. The first kappa shape index (κ1) is 23.2. The van der Waals surface area contributed by atoms with Crippen LogP contribution in [0.15, 0.2) is 52.4 Å². The minimum Gasteiger partial charge on any atom is -0.501 e. The molecule has 10 nitrogen and oxygen atoms in total. The van der Waals surface area contributed by atoms with Crippen molar-refractivity contribution in [1.29, 1.82) is 0 Å². The Morgan fingerprint density at radius 1 is 1.29 bits per heavy atom. The number of nitrogens with zero attached hydrogens (tertiary/aromatic N) is 5. The first-order valence-electron chi connectivity index (χ1n) is 10.1. The molecule has 0 radical (unpaired) electrons. The van der Waals surface area contributed by atoms with Crippen LogP contribution in [-0.4, -0.2) is 35.5 Å². The first-order valence-corrected chi connectivity index (χ1v) is 10.5. The van der Waals surface area contributed by atoms with E-state index in [1.165, 1.54) is 31.6 Å². The molecule has 3 heterocycles. The van der Waals surface area contributed by atoms with Crippen LogP contribution in [-0.2, 0) is 14.1 Å². The number of carbonyl (C=O) groups is 1. The number of amides is 1. The molecule has 0 aliphatic heterocycles. The summed E-state index contributed by atoms with van der Waals surface area (Å²) in [5.74, 6) is -2.96. The largest absolute Gasteiger partial charge is 0.501 e. The van der Waals surface area contributed by atoms with Crippen molar-refractivity contribution in [3.05, 3.63) is 86.9 Å².